The van der Waals surface area contributed by atoms with Crippen LogP contribution in [-0.2, 0) is 6.42 Å². The lowest BCUT2D eigenvalue weighted by atomic mass is 9.94. The van der Waals surface area contributed by atoms with E-state index in [1.54, 1.807) is 0 Å². The van der Waals surface area contributed by atoms with Crippen LogP contribution in [0.15, 0.2) is 18.2 Å². The third-order valence-corrected chi connectivity index (χ3v) is 3.92. The lowest BCUT2D eigenvalue weighted by Crippen LogP contribution is -2.24. The molecule has 2 aliphatic rings. The summed E-state index contributed by atoms with van der Waals surface area (Å²) in [4.78, 5) is 0. The van der Waals surface area contributed by atoms with Crippen LogP contribution in [0.1, 0.15) is 42.7 Å². The van der Waals surface area contributed by atoms with Crippen molar-refractivity contribution in [1.82, 2.24) is 0 Å². The fourth-order valence-electron chi connectivity index (χ4n) is 3.05. The monoisotopic (exact) mass is 217 g/mol. The minimum atomic E-state index is 0.206. The Labute approximate surface area is 96.8 Å². The summed E-state index contributed by atoms with van der Waals surface area (Å²) < 4.78 is 5.97. The molecule has 1 aromatic carbocycles. The predicted octanol–water partition coefficient (Wildman–Crippen LogP) is 2.61. The van der Waals surface area contributed by atoms with Crippen molar-refractivity contribution in [2.75, 3.05) is 6.54 Å². The second kappa shape index (κ2) is 4.10. The van der Waals surface area contributed by atoms with Crippen LogP contribution in [-0.4, -0.2) is 12.6 Å². The highest BCUT2D eigenvalue weighted by atomic mass is 16.5. The summed E-state index contributed by atoms with van der Waals surface area (Å²) in [6.07, 6.45) is 6.59. The molecule has 86 valence electrons. The first-order valence-corrected chi connectivity index (χ1v) is 6.37. The zero-order chi connectivity index (χ0) is 11.0. The Bertz CT molecular complexity index is 382. The molecule has 0 bridgehead atoms. The van der Waals surface area contributed by atoms with Gasteiger partial charge in [0.2, 0.25) is 0 Å². The van der Waals surface area contributed by atoms with Gasteiger partial charge in [-0.05, 0) is 29.9 Å². The van der Waals surface area contributed by atoms with Crippen LogP contribution >= 0.6 is 0 Å². The molecule has 0 saturated heterocycles. The minimum absolute atomic E-state index is 0.206. The quantitative estimate of drug-likeness (QED) is 0.826. The van der Waals surface area contributed by atoms with Gasteiger partial charge < -0.3 is 10.5 Å². The number of fused-ring (bicyclic) bond motifs is 1. The van der Waals surface area contributed by atoms with E-state index in [0.717, 1.165) is 18.1 Å². The zero-order valence-electron chi connectivity index (χ0n) is 9.61. The van der Waals surface area contributed by atoms with Gasteiger partial charge in [-0.2, -0.15) is 0 Å². The van der Waals surface area contributed by atoms with E-state index in [1.807, 2.05) is 0 Å². The van der Waals surface area contributed by atoms with Gasteiger partial charge in [-0.1, -0.05) is 31.0 Å². The molecular weight excluding hydrogens is 198 g/mol. The fraction of sp³-hybridized carbons (Fsp3) is 0.571. The Morgan fingerprint density at radius 3 is 2.81 bits per heavy atom. The summed E-state index contributed by atoms with van der Waals surface area (Å²) in [5.74, 6) is 1.89. The van der Waals surface area contributed by atoms with Gasteiger partial charge in [0.05, 0.1) is 0 Å². The van der Waals surface area contributed by atoms with Gasteiger partial charge in [0.15, 0.2) is 0 Å². The molecule has 2 N–H and O–H groups in total. The van der Waals surface area contributed by atoms with E-state index in [0.29, 0.717) is 6.54 Å². The van der Waals surface area contributed by atoms with Gasteiger partial charge in [-0.25, -0.2) is 0 Å². The summed E-state index contributed by atoms with van der Waals surface area (Å²) >= 11 is 0. The average Bonchev–Trinajstić information content (AvgIpc) is 2.97. The largest absolute Gasteiger partial charge is 0.488 e. The van der Waals surface area contributed by atoms with Crippen molar-refractivity contribution in [2.24, 2.45) is 5.73 Å². The highest BCUT2D eigenvalue weighted by Gasteiger charge is 2.28. The predicted molar refractivity (Wildman–Crippen MR) is 64.8 cm³/mol. The summed E-state index contributed by atoms with van der Waals surface area (Å²) in [6, 6.07) is 6.60. The Hall–Kier alpha value is -1.02. The Morgan fingerprint density at radius 1 is 1.25 bits per heavy atom. The minimum Gasteiger partial charge on any atom is -0.488 e. The number of nitrogens with two attached hydrogens (primary N) is 1. The number of hydrogen-bond donors (Lipinski definition) is 1. The number of rotatable bonds is 2. The molecule has 0 unspecified atom stereocenters. The van der Waals surface area contributed by atoms with Gasteiger partial charge >= 0.3 is 0 Å². The first-order valence-electron chi connectivity index (χ1n) is 6.37. The maximum absolute atomic E-state index is 5.97. The molecule has 16 heavy (non-hydrogen) atoms. The molecule has 1 aliphatic carbocycles. The summed E-state index contributed by atoms with van der Waals surface area (Å²) in [7, 11) is 0. The highest BCUT2D eigenvalue weighted by Crippen LogP contribution is 2.42. The Balaban J connectivity index is 1.93. The maximum Gasteiger partial charge on any atom is 0.126 e. The molecule has 1 aromatic rings. The third-order valence-electron chi connectivity index (χ3n) is 3.92. The molecule has 0 spiro atoms. The van der Waals surface area contributed by atoms with Crippen LogP contribution in [0, 0.1) is 0 Å². The number of benzene rings is 1. The van der Waals surface area contributed by atoms with E-state index in [4.69, 9.17) is 10.5 Å². The molecule has 2 nitrogen and oxygen atoms in total. The first kappa shape index (κ1) is 10.2. The van der Waals surface area contributed by atoms with Crippen molar-refractivity contribution in [3.05, 3.63) is 29.3 Å². The molecule has 0 radical (unpaired) electrons. The van der Waals surface area contributed by atoms with E-state index < -0.39 is 0 Å². The summed E-state index contributed by atoms with van der Waals surface area (Å²) in [5, 5.41) is 0. The fourth-order valence-corrected chi connectivity index (χ4v) is 3.05. The molecule has 0 amide bonds. The van der Waals surface area contributed by atoms with E-state index in [2.05, 4.69) is 18.2 Å². The smallest absolute Gasteiger partial charge is 0.126 e. The number of ether oxygens (including phenoxy) is 1. The molecule has 1 aliphatic heterocycles. The zero-order valence-corrected chi connectivity index (χ0v) is 9.61. The second-order valence-corrected chi connectivity index (χ2v) is 5.00. The lowest BCUT2D eigenvalue weighted by molar-refractivity contribution is 0.238. The van der Waals surface area contributed by atoms with Crippen molar-refractivity contribution in [3.63, 3.8) is 0 Å². The lowest BCUT2D eigenvalue weighted by Gasteiger charge is -2.15. The topological polar surface area (TPSA) is 35.2 Å². The van der Waals surface area contributed by atoms with Gasteiger partial charge in [0, 0.05) is 13.0 Å². The van der Waals surface area contributed by atoms with Gasteiger partial charge in [-0.15, -0.1) is 0 Å². The number of para-hydroxylation sites is 1. The maximum atomic E-state index is 5.97. The third kappa shape index (κ3) is 1.61. The van der Waals surface area contributed by atoms with Crippen LogP contribution < -0.4 is 10.5 Å². The molecule has 0 aromatic heterocycles. The SMILES string of the molecule is NC[C@H]1Cc2cccc(C3CCCC3)c2O1. The molecule has 2 heteroatoms. The van der Waals surface area contributed by atoms with Crippen molar-refractivity contribution in [1.29, 1.82) is 0 Å². The molecule has 1 fully saturated rings. The van der Waals surface area contributed by atoms with Crippen LogP contribution in [0.3, 0.4) is 0 Å². The van der Waals surface area contributed by atoms with Gasteiger partial charge in [-0.3, -0.25) is 0 Å². The van der Waals surface area contributed by atoms with E-state index in [9.17, 15) is 0 Å². The molecule has 1 heterocycles. The normalized spacial score (nSPS) is 24.4. The van der Waals surface area contributed by atoms with E-state index >= 15 is 0 Å². The van der Waals surface area contributed by atoms with Gasteiger partial charge in [0.1, 0.15) is 11.9 Å². The van der Waals surface area contributed by atoms with Crippen molar-refractivity contribution in [2.45, 2.75) is 44.1 Å². The van der Waals surface area contributed by atoms with Crippen molar-refractivity contribution < 1.29 is 4.74 Å². The summed E-state index contributed by atoms with van der Waals surface area (Å²) in [6.45, 7) is 0.624. The van der Waals surface area contributed by atoms with Crippen LogP contribution in [0.2, 0.25) is 0 Å². The van der Waals surface area contributed by atoms with Crippen LogP contribution in [0.5, 0.6) is 5.75 Å². The van der Waals surface area contributed by atoms with E-state index in [1.165, 1.54) is 36.8 Å². The van der Waals surface area contributed by atoms with Crippen molar-refractivity contribution in [3.8, 4) is 5.75 Å². The Kier molecular flexibility index (Phi) is 2.60. The average molecular weight is 217 g/mol. The molecule has 1 saturated carbocycles. The van der Waals surface area contributed by atoms with Crippen LogP contribution in [0.25, 0.3) is 0 Å². The molecular formula is C14H19NO. The number of hydrogen-bond acceptors (Lipinski definition) is 2. The molecule has 1 atom stereocenters. The summed E-state index contributed by atoms with van der Waals surface area (Å²) in [5.41, 5.74) is 8.49. The van der Waals surface area contributed by atoms with Crippen molar-refractivity contribution >= 4 is 0 Å². The standard InChI is InChI=1S/C14H19NO/c15-9-12-8-11-6-3-7-13(14(11)16-12)10-4-1-2-5-10/h3,6-7,10,12H,1-2,4-5,8-9,15H2/t12-/m1/s1. The Morgan fingerprint density at radius 2 is 2.06 bits per heavy atom. The van der Waals surface area contributed by atoms with Crippen LogP contribution in [0.4, 0.5) is 0 Å². The van der Waals surface area contributed by atoms with E-state index in [-0.39, 0.29) is 6.10 Å². The molecule has 3 rings (SSSR count). The highest BCUT2D eigenvalue weighted by molar-refractivity contribution is 5.46. The first-order chi connectivity index (χ1) is 7.88. The second-order valence-electron chi connectivity index (χ2n) is 5.00. The van der Waals surface area contributed by atoms with Gasteiger partial charge in [0.25, 0.3) is 0 Å².